The average molecular weight is 290 g/mol. The molecule has 1 unspecified atom stereocenters. The molecule has 1 fully saturated rings. The van der Waals surface area contributed by atoms with Crippen LogP contribution in [0.25, 0.3) is 0 Å². The Bertz CT molecular complexity index is 437. The van der Waals surface area contributed by atoms with Crippen molar-refractivity contribution in [2.45, 2.75) is 45.1 Å². The number of rotatable bonds is 5. The van der Waals surface area contributed by atoms with E-state index < -0.39 is 6.10 Å². The summed E-state index contributed by atoms with van der Waals surface area (Å²) in [5, 5.41) is 0. The predicted octanol–water partition coefficient (Wildman–Crippen LogP) is 2.36. The standard InChI is InChI=1S/C17H26N2O2/c1-14(17(20)19-12-4-2-3-5-13-19)21-16-8-6-15(7-9-16)10-11-18/h6-9,14H,2-5,10-13,18H2,1H3. The summed E-state index contributed by atoms with van der Waals surface area (Å²) in [6.07, 6.45) is 5.09. The molecule has 116 valence electrons. The topological polar surface area (TPSA) is 55.6 Å². The van der Waals surface area contributed by atoms with Crippen LogP contribution in [0.5, 0.6) is 5.75 Å². The Balaban J connectivity index is 1.90. The van der Waals surface area contributed by atoms with Crippen LogP contribution in [0.3, 0.4) is 0 Å². The fraction of sp³-hybridized carbons (Fsp3) is 0.588. The van der Waals surface area contributed by atoms with Gasteiger partial charge in [-0.15, -0.1) is 0 Å². The van der Waals surface area contributed by atoms with Gasteiger partial charge in [0.05, 0.1) is 0 Å². The number of ether oxygens (including phenoxy) is 1. The van der Waals surface area contributed by atoms with Crippen LogP contribution in [0, 0.1) is 0 Å². The molecule has 4 nitrogen and oxygen atoms in total. The number of nitrogens with two attached hydrogens (primary N) is 1. The zero-order valence-corrected chi connectivity index (χ0v) is 12.9. The molecule has 1 saturated heterocycles. The summed E-state index contributed by atoms with van der Waals surface area (Å²) in [7, 11) is 0. The Kier molecular flexibility index (Phi) is 6.05. The Hall–Kier alpha value is -1.55. The van der Waals surface area contributed by atoms with E-state index in [1.807, 2.05) is 36.1 Å². The summed E-state index contributed by atoms with van der Waals surface area (Å²) in [5.41, 5.74) is 6.72. The van der Waals surface area contributed by atoms with Crippen molar-refractivity contribution in [1.29, 1.82) is 0 Å². The van der Waals surface area contributed by atoms with Gasteiger partial charge in [-0.1, -0.05) is 25.0 Å². The van der Waals surface area contributed by atoms with E-state index in [4.69, 9.17) is 10.5 Å². The fourth-order valence-corrected chi connectivity index (χ4v) is 2.70. The number of benzene rings is 1. The Morgan fingerprint density at radius 3 is 2.38 bits per heavy atom. The number of likely N-dealkylation sites (tertiary alicyclic amines) is 1. The SMILES string of the molecule is CC(Oc1ccc(CCN)cc1)C(=O)N1CCCCCC1. The first kappa shape index (κ1) is 15.8. The summed E-state index contributed by atoms with van der Waals surface area (Å²) in [6, 6.07) is 7.84. The van der Waals surface area contributed by atoms with Crippen molar-refractivity contribution in [3.63, 3.8) is 0 Å². The molecule has 0 bridgehead atoms. The summed E-state index contributed by atoms with van der Waals surface area (Å²) in [5.74, 6) is 0.842. The molecule has 0 aliphatic carbocycles. The van der Waals surface area contributed by atoms with Crippen molar-refractivity contribution in [2.24, 2.45) is 5.73 Å². The molecule has 0 radical (unpaired) electrons. The van der Waals surface area contributed by atoms with E-state index in [0.29, 0.717) is 6.54 Å². The Labute approximate surface area is 127 Å². The Morgan fingerprint density at radius 2 is 1.81 bits per heavy atom. The van der Waals surface area contributed by atoms with Crippen molar-refractivity contribution in [3.05, 3.63) is 29.8 Å². The maximum Gasteiger partial charge on any atom is 0.263 e. The van der Waals surface area contributed by atoms with E-state index in [9.17, 15) is 4.79 Å². The number of carbonyl (C=O) groups excluding carboxylic acids is 1. The molecule has 1 aromatic rings. The van der Waals surface area contributed by atoms with Crippen LogP contribution in [0.15, 0.2) is 24.3 Å². The molecule has 0 saturated carbocycles. The molecule has 1 heterocycles. The van der Waals surface area contributed by atoms with Gasteiger partial charge in [-0.25, -0.2) is 0 Å². The fourth-order valence-electron chi connectivity index (χ4n) is 2.70. The molecule has 21 heavy (non-hydrogen) atoms. The summed E-state index contributed by atoms with van der Waals surface area (Å²) in [6.45, 7) is 4.20. The summed E-state index contributed by atoms with van der Waals surface area (Å²) in [4.78, 5) is 14.4. The molecule has 1 aromatic carbocycles. The second-order valence-electron chi connectivity index (χ2n) is 5.68. The van der Waals surface area contributed by atoms with E-state index in [2.05, 4.69) is 0 Å². The van der Waals surface area contributed by atoms with Crippen LogP contribution < -0.4 is 10.5 Å². The van der Waals surface area contributed by atoms with Gasteiger partial charge in [-0.2, -0.15) is 0 Å². The molecule has 2 rings (SSSR count). The lowest BCUT2D eigenvalue weighted by Crippen LogP contribution is -2.40. The zero-order valence-electron chi connectivity index (χ0n) is 12.9. The highest BCUT2D eigenvalue weighted by molar-refractivity contribution is 5.80. The normalized spacial score (nSPS) is 17.1. The van der Waals surface area contributed by atoms with Crippen LogP contribution in [-0.4, -0.2) is 36.5 Å². The maximum absolute atomic E-state index is 12.4. The molecule has 2 N–H and O–H groups in total. The van der Waals surface area contributed by atoms with Gasteiger partial charge in [0.2, 0.25) is 0 Å². The quantitative estimate of drug-likeness (QED) is 0.905. The lowest BCUT2D eigenvalue weighted by atomic mass is 10.1. The van der Waals surface area contributed by atoms with E-state index >= 15 is 0 Å². The van der Waals surface area contributed by atoms with E-state index in [-0.39, 0.29) is 5.91 Å². The average Bonchev–Trinajstić information content (AvgIpc) is 2.78. The lowest BCUT2D eigenvalue weighted by Gasteiger charge is -2.24. The number of hydrogen-bond acceptors (Lipinski definition) is 3. The predicted molar refractivity (Wildman–Crippen MR) is 84.3 cm³/mol. The van der Waals surface area contributed by atoms with E-state index in [0.717, 1.165) is 38.1 Å². The largest absolute Gasteiger partial charge is 0.481 e. The van der Waals surface area contributed by atoms with Gasteiger partial charge in [0, 0.05) is 13.1 Å². The van der Waals surface area contributed by atoms with Crippen LogP contribution in [0.1, 0.15) is 38.2 Å². The van der Waals surface area contributed by atoms with Gasteiger partial charge < -0.3 is 15.4 Å². The number of nitrogens with zero attached hydrogens (tertiary/aromatic N) is 1. The summed E-state index contributed by atoms with van der Waals surface area (Å²) < 4.78 is 5.78. The number of amides is 1. The van der Waals surface area contributed by atoms with Gasteiger partial charge >= 0.3 is 0 Å². The van der Waals surface area contributed by atoms with Crippen molar-refractivity contribution >= 4 is 5.91 Å². The van der Waals surface area contributed by atoms with Crippen LogP contribution >= 0.6 is 0 Å². The molecule has 1 atom stereocenters. The molecular formula is C17H26N2O2. The number of carbonyl (C=O) groups is 1. The van der Waals surface area contributed by atoms with Gasteiger partial charge in [0.15, 0.2) is 6.10 Å². The second kappa shape index (κ2) is 8.03. The third-order valence-corrected chi connectivity index (χ3v) is 3.93. The highest BCUT2D eigenvalue weighted by atomic mass is 16.5. The van der Waals surface area contributed by atoms with Crippen molar-refractivity contribution in [1.82, 2.24) is 4.90 Å². The third-order valence-electron chi connectivity index (χ3n) is 3.93. The van der Waals surface area contributed by atoms with Crippen LogP contribution in [0.2, 0.25) is 0 Å². The molecule has 4 heteroatoms. The van der Waals surface area contributed by atoms with Gasteiger partial charge in [-0.05, 0) is 50.4 Å². The monoisotopic (exact) mass is 290 g/mol. The van der Waals surface area contributed by atoms with E-state index in [1.54, 1.807) is 0 Å². The molecule has 1 aliphatic heterocycles. The summed E-state index contributed by atoms with van der Waals surface area (Å²) >= 11 is 0. The first-order valence-electron chi connectivity index (χ1n) is 7.95. The smallest absolute Gasteiger partial charge is 0.263 e. The minimum absolute atomic E-state index is 0.0999. The van der Waals surface area contributed by atoms with Crippen molar-refractivity contribution < 1.29 is 9.53 Å². The molecule has 0 spiro atoms. The Morgan fingerprint density at radius 1 is 1.19 bits per heavy atom. The van der Waals surface area contributed by atoms with E-state index in [1.165, 1.54) is 18.4 Å². The minimum Gasteiger partial charge on any atom is -0.481 e. The van der Waals surface area contributed by atoms with Crippen molar-refractivity contribution in [2.75, 3.05) is 19.6 Å². The maximum atomic E-state index is 12.4. The molecule has 1 amide bonds. The molecular weight excluding hydrogens is 264 g/mol. The highest BCUT2D eigenvalue weighted by Gasteiger charge is 2.22. The lowest BCUT2D eigenvalue weighted by molar-refractivity contribution is -0.137. The van der Waals surface area contributed by atoms with Gasteiger partial charge in [0.1, 0.15) is 5.75 Å². The molecule has 0 aromatic heterocycles. The zero-order chi connectivity index (χ0) is 15.1. The van der Waals surface area contributed by atoms with Gasteiger partial charge in [0.25, 0.3) is 5.91 Å². The third kappa shape index (κ3) is 4.74. The van der Waals surface area contributed by atoms with Crippen molar-refractivity contribution in [3.8, 4) is 5.75 Å². The minimum atomic E-state index is -0.427. The molecule has 1 aliphatic rings. The highest BCUT2D eigenvalue weighted by Crippen LogP contribution is 2.16. The number of hydrogen-bond donors (Lipinski definition) is 1. The van der Waals surface area contributed by atoms with Crippen LogP contribution in [-0.2, 0) is 11.2 Å². The van der Waals surface area contributed by atoms with Crippen LogP contribution in [0.4, 0.5) is 0 Å². The first-order valence-corrected chi connectivity index (χ1v) is 7.95. The second-order valence-corrected chi connectivity index (χ2v) is 5.68. The van der Waals surface area contributed by atoms with Gasteiger partial charge in [-0.3, -0.25) is 4.79 Å². The first-order chi connectivity index (χ1) is 10.2.